The van der Waals surface area contributed by atoms with Gasteiger partial charge < -0.3 is 15.2 Å². The summed E-state index contributed by atoms with van der Waals surface area (Å²) in [5, 5.41) is 14.0. The van der Waals surface area contributed by atoms with Crippen LogP contribution in [0.3, 0.4) is 0 Å². The van der Waals surface area contributed by atoms with Crippen molar-refractivity contribution in [2.45, 2.75) is 39.2 Å². The molecule has 25 heavy (non-hydrogen) atoms. The molecule has 3 rings (SSSR count). The van der Waals surface area contributed by atoms with E-state index in [-0.39, 0.29) is 11.9 Å². The number of aryl methyl sites for hydroxylation is 3. The second-order valence-electron chi connectivity index (χ2n) is 6.34. The summed E-state index contributed by atoms with van der Waals surface area (Å²) in [6, 6.07) is 5.66. The second-order valence-corrected chi connectivity index (χ2v) is 7.34. The van der Waals surface area contributed by atoms with E-state index in [2.05, 4.69) is 16.8 Å². The molecule has 6 heteroatoms. The fraction of sp³-hybridized carbons (Fsp3) is 0.368. The monoisotopic (exact) mass is 359 g/mol. The Balaban J connectivity index is 1.76. The van der Waals surface area contributed by atoms with Gasteiger partial charge in [-0.25, -0.2) is 4.79 Å². The van der Waals surface area contributed by atoms with Crippen LogP contribution < -0.4 is 10.1 Å². The molecule has 0 radical (unpaired) electrons. The van der Waals surface area contributed by atoms with E-state index in [9.17, 15) is 9.59 Å². The topological polar surface area (TPSA) is 75.6 Å². The van der Waals surface area contributed by atoms with Crippen LogP contribution in [0.25, 0.3) is 0 Å². The van der Waals surface area contributed by atoms with Crippen LogP contribution in [0.1, 0.15) is 50.8 Å². The predicted molar refractivity (Wildman–Crippen MR) is 96.5 cm³/mol. The van der Waals surface area contributed by atoms with Crippen molar-refractivity contribution in [1.82, 2.24) is 5.32 Å². The van der Waals surface area contributed by atoms with E-state index in [1.165, 1.54) is 10.4 Å². The molecule has 2 N–H and O–H groups in total. The number of hydrogen-bond acceptors (Lipinski definition) is 4. The van der Waals surface area contributed by atoms with Gasteiger partial charge in [-0.3, -0.25) is 4.79 Å². The molecule has 0 fully saturated rings. The number of amides is 1. The molecule has 1 aliphatic carbocycles. The molecule has 0 bridgehead atoms. The van der Waals surface area contributed by atoms with E-state index < -0.39 is 12.6 Å². The average molecular weight is 359 g/mol. The van der Waals surface area contributed by atoms with E-state index in [1.54, 1.807) is 23.5 Å². The third kappa shape index (κ3) is 3.85. The largest absolute Gasteiger partial charge is 0.481 e. The lowest BCUT2D eigenvalue weighted by Gasteiger charge is -2.24. The number of carbonyl (C=O) groups is 2. The van der Waals surface area contributed by atoms with Crippen LogP contribution in [0, 0.1) is 13.8 Å². The Kier molecular flexibility index (Phi) is 5.08. The fourth-order valence-corrected chi connectivity index (χ4v) is 4.31. The summed E-state index contributed by atoms with van der Waals surface area (Å²) < 4.78 is 5.32. The highest BCUT2D eigenvalue weighted by Gasteiger charge is 2.23. The molecule has 1 aliphatic rings. The standard InChI is InChI=1S/C19H21NO4S/c1-11-8-13(9-12(2)18(11)24-10-17(21)22)19(23)20-15-4-3-5-16-14(15)6-7-25-16/h6-9,15H,3-5,10H2,1-2H3,(H,20,23)(H,21,22). The van der Waals surface area contributed by atoms with Gasteiger partial charge in [0.25, 0.3) is 5.91 Å². The highest BCUT2D eigenvalue weighted by molar-refractivity contribution is 7.10. The number of ether oxygens (including phenoxy) is 1. The van der Waals surface area contributed by atoms with E-state index >= 15 is 0 Å². The molecule has 0 saturated carbocycles. The number of fused-ring (bicyclic) bond motifs is 1. The molecule has 1 aromatic carbocycles. The van der Waals surface area contributed by atoms with Crippen molar-refractivity contribution in [1.29, 1.82) is 0 Å². The molecule has 0 spiro atoms. The Morgan fingerprint density at radius 3 is 2.72 bits per heavy atom. The van der Waals surface area contributed by atoms with Crippen molar-refractivity contribution < 1.29 is 19.4 Å². The van der Waals surface area contributed by atoms with Gasteiger partial charge in [0, 0.05) is 10.4 Å². The highest BCUT2D eigenvalue weighted by atomic mass is 32.1. The molecular weight excluding hydrogens is 338 g/mol. The number of rotatable bonds is 5. The Bertz CT molecular complexity index is 789. The van der Waals surface area contributed by atoms with Crippen LogP contribution in [-0.4, -0.2) is 23.6 Å². The first kappa shape index (κ1) is 17.5. The third-order valence-electron chi connectivity index (χ3n) is 4.42. The maximum Gasteiger partial charge on any atom is 0.341 e. The minimum atomic E-state index is -1.02. The van der Waals surface area contributed by atoms with Crippen molar-refractivity contribution in [2.24, 2.45) is 0 Å². The molecule has 2 aromatic rings. The lowest BCUT2D eigenvalue weighted by Crippen LogP contribution is -2.30. The number of benzene rings is 1. The van der Waals surface area contributed by atoms with Crippen molar-refractivity contribution >= 4 is 23.2 Å². The number of carboxylic acids is 1. The molecule has 1 atom stereocenters. The highest BCUT2D eigenvalue weighted by Crippen LogP contribution is 2.33. The van der Waals surface area contributed by atoms with Crippen molar-refractivity contribution in [3.63, 3.8) is 0 Å². The van der Waals surface area contributed by atoms with Gasteiger partial charge in [-0.1, -0.05) is 0 Å². The lowest BCUT2D eigenvalue weighted by molar-refractivity contribution is -0.139. The van der Waals surface area contributed by atoms with Crippen LogP contribution in [0.15, 0.2) is 23.6 Å². The first-order valence-electron chi connectivity index (χ1n) is 8.28. The summed E-state index contributed by atoms with van der Waals surface area (Å²) in [7, 11) is 0. The molecule has 0 saturated heterocycles. The summed E-state index contributed by atoms with van der Waals surface area (Å²) in [6.07, 6.45) is 3.12. The molecule has 5 nitrogen and oxygen atoms in total. The zero-order valence-electron chi connectivity index (χ0n) is 14.3. The average Bonchev–Trinajstić information content (AvgIpc) is 3.03. The lowest BCUT2D eigenvalue weighted by atomic mass is 9.93. The van der Waals surface area contributed by atoms with Crippen LogP contribution in [0.2, 0.25) is 0 Å². The summed E-state index contributed by atoms with van der Waals surface area (Å²) in [5.74, 6) is -0.610. The van der Waals surface area contributed by atoms with Crippen molar-refractivity contribution in [3.05, 3.63) is 50.7 Å². The molecule has 1 heterocycles. The Morgan fingerprint density at radius 2 is 2.04 bits per heavy atom. The van der Waals surface area contributed by atoms with E-state index in [0.717, 1.165) is 30.4 Å². The Labute approximate surface area is 150 Å². The van der Waals surface area contributed by atoms with Crippen molar-refractivity contribution in [2.75, 3.05) is 6.61 Å². The van der Waals surface area contributed by atoms with E-state index in [1.807, 2.05) is 13.8 Å². The first-order valence-corrected chi connectivity index (χ1v) is 9.16. The SMILES string of the molecule is Cc1cc(C(=O)NC2CCCc3sccc32)cc(C)c1OCC(=O)O. The fourth-order valence-electron chi connectivity index (χ4n) is 3.32. The molecule has 1 unspecified atom stereocenters. The van der Waals surface area contributed by atoms with Gasteiger partial charge in [-0.15, -0.1) is 11.3 Å². The summed E-state index contributed by atoms with van der Waals surface area (Å²) >= 11 is 1.75. The second kappa shape index (κ2) is 7.27. The molecule has 1 amide bonds. The molecular formula is C19H21NO4S. The van der Waals surface area contributed by atoms with Crippen molar-refractivity contribution in [3.8, 4) is 5.75 Å². The predicted octanol–water partition coefficient (Wildman–Crippen LogP) is 3.64. The van der Waals surface area contributed by atoms with Crippen LogP contribution in [0.5, 0.6) is 5.75 Å². The Morgan fingerprint density at radius 1 is 1.32 bits per heavy atom. The van der Waals surface area contributed by atoms with Crippen LogP contribution in [-0.2, 0) is 11.2 Å². The zero-order valence-corrected chi connectivity index (χ0v) is 15.1. The minimum absolute atomic E-state index is 0.0612. The number of carbonyl (C=O) groups excluding carboxylic acids is 1. The van der Waals surface area contributed by atoms with Gasteiger partial charge >= 0.3 is 5.97 Å². The normalized spacial score (nSPS) is 16.2. The number of aliphatic carboxylic acids is 1. The molecule has 132 valence electrons. The smallest absolute Gasteiger partial charge is 0.341 e. The van der Waals surface area contributed by atoms with E-state index in [0.29, 0.717) is 11.3 Å². The van der Waals surface area contributed by atoms with Gasteiger partial charge in [0.1, 0.15) is 5.75 Å². The maximum atomic E-state index is 12.7. The van der Waals surface area contributed by atoms with E-state index in [4.69, 9.17) is 9.84 Å². The Hall–Kier alpha value is -2.34. The number of thiophene rings is 1. The maximum absolute atomic E-state index is 12.7. The molecule has 1 aromatic heterocycles. The van der Waals surface area contributed by atoms with Crippen LogP contribution in [0.4, 0.5) is 0 Å². The number of nitrogens with one attached hydrogen (secondary N) is 1. The summed E-state index contributed by atoms with van der Waals surface area (Å²) in [5.41, 5.74) is 3.32. The zero-order chi connectivity index (χ0) is 18.0. The van der Waals surface area contributed by atoms with Crippen LogP contribution >= 0.6 is 11.3 Å². The van der Waals surface area contributed by atoms with Gasteiger partial charge in [0.15, 0.2) is 6.61 Å². The first-order chi connectivity index (χ1) is 12.0. The van der Waals surface area contributed by atoms with Gasteiger partial charge in [-0.2, -0.15) is 0 Å². The number of carboxylic acid groups (broad SMARTS) is 1. The van der Waals surface area contributed by atoms with Gasteiger partial charge in [0.2, 0.25) is 0 Å². The number of hydrogen-bond donors (Lipinski definition) is 2. The summed E-state index contributed by atoms with van der Waals surface area (Å²) in [6.45, 7) is 3.24. The van der Waals surface area contributed by atoms with Gasteiger partial charge in [-0.05, 0) is 73.4 Å². The molecule has 0 aliphatic heterocycles. The minimum Gasteiger partial charge on any atom is -0.481 e. The third-order valence-corrected chi connectivity index (χ3v) is 5.42. The summed E-state index contributed by atoms with van der Waals surface area (Å²) in [4.78, 5) is 24.7. The van der Waals surface area contributed by atoms with Gasteiger partial charge in [0.05, 0.1) is 6.04 Å². The quantitative estimate of drug-likeness (QED) is 0.855.